The van der Waals surface area contributed by atoms with Gasteiger partial charge in [0, 0.05) is 13.7 Å². The van der Waals surface area contributed by atoms with Crippen molar-refractivity contribution in [2.45, 2.75) is 65.9 Å². The molecule has 12 heteroatoms. The van der Waals surface area contributed by atoms with Crippen molar-refractivity contribution in [3.05, 3.63) is 75.8 Å². The summed E-state index contributed by atoms with van der Waals surface area (Å²) < 4.78 is 12.0. The Bertz CT molecular complexity index is 1390. The SMILES string of the molecule is CNC(=O)C(NC(=O)C(CCCOCc1ccccc1)C(CONO)OCc1ccc2nc(C)[nH]c(=O)c2c1)C(C)(C)C. The summed E-state index contributed by atoms with van der Waals surface area (Å²) in [4.78, 5) is 51.0. The first-order chi connectivity index (χ1) is 20.5. The lowest BCUT2D eigenvalue weighted by molar-refractivity contribution is -0.170. The summed E-state index contributed by atoms with van der Waals surface area (Å²) in [6, 6.07) is 14.2. The van der Waals surface area contributed by atoms with Gasteiger partial charge in [-0.3, -0.25) is 24.4 Å². The second-order valence-electron chi connectivity index (χ2n) is 11.5. The van der Waals surface area contributed by atoms with Gasteiger partial charge in [-0.05, 0) is 48.4 Å². The normalized spacial score (nSPS) is 13.8. The molecule has 0 aliphatic carbocycles. The summed E-state index contributed by atoms with van der Waals surface area (Å²) in [5, 5.41) is 15.1. The third-order valence-electron chi connectivity index (χ3n) is 7.03. The molecule has 0 saturated carbocycles. The van der Waals surface area contributed by atoms with E-state index < -0.39 is 29.4 Å². The van der Waals surface area contributed by atoms with Crippen LogP contribution < -0.4 is 21.8 Å². The van der Waals surface area contributed by atoms with Crippen molar-refractivity contribution >= 4 is 22.7 Å². The number of aryl methyl sites for hydroxylation is 1. The fourth-order valence-electron chi connectivity index (χ4n) is 4.72. The second kappa shape index (κ2) is 16.2. The average Bonchev–Trinajstić information content (AvgIpc) is 2.97. The number of likely N-dealkylation sites (N-methyl/N-ethyl adjacent to an activating group) is 1. The monoisotopic (exact) mass is 597 g/mol. The highest BCUT2D eigenvalue weighted by Gasteiger charge is 2.36. The van der Waals surface area contributed by atoms with Gasteiger partial charge >= 0.3 is 0 Å². The molecular weight excluding hydrogens is 554 g/mol. The topological polar surface area (TPSA) is 164 Å². The Morgan fingerprint density at radius 3 is 2.47 bits per heavy atom. The second-order valence-corrected chi connectivity index (χ2v) is 11.5. The maximum Gasteiger partial charge on any atom is 0.258 e. The van der Waals surface area contributed by atoms with Gasteiger partial charge in [-0.1, -0.05) is 62.8 Å². The van der Waals surface area contributed by atoms with E-state index in [2.05, 4.69) is 20.6 Å². The van der Waals surface area contributed by atoms with Crippen LogP contribution in [0.2, 0.25) is 0 Å². The van der Waals surface area contributed by atoms with E-state index >= 15 is 0 Å². The minimum absolute atomic E-state index is 0.0507. The zero-order chi connectivity index (χ0) is 31.4. The number of carbonyl (C=O) groups is 2. The molecule has 3 aromatic rings. The fourth-order valence-corrected chi connectivity index (χ4v) is 4.72. The molecule has 1 heterocycles. The van der Waals surface area contributed by atoms with Crippen LogP contribution in [0.5, 0.6) is 0 Å². The first-order valence-electron chi connectivity index (χ1n) is 14.3. The number of rotatable bonds is 16. The molecule has 3 unspecified atom stereocenters. The molecule has 0 spiro atoms. The Labute approximate surface area is 251 Å². The van der Waals surface area contributed by atoms with E-state index in [9.17, 15) is 14.4 Å². The van der Waals surface area contributed by atoms with Crippen molar-refractivity contribution < 1.29 is 29.1 Å². The quantitative estimate of drug-likeness (QED) is 0.123. The highest BCUT2D eigenvalue weighted by Crippen LogP contribution is 2.23. The first kappa shape index (κ1) is 33.8. The van der Waals surface area contributed by atoms with E-state index in [0.717, 1.165) is 5.56 Å². The van der Waals surface area contributed by atoms with Gasteiger partial charge in [0.25, 0.3) is 5.56 Å². The summed E-state index contributed by atoms with van der Waals surface area (Å²) in [7, 11) is 1.52. The third-order valence-corrected chi connectivity index (χ3v) is 7.03. The molecule has 0 aliphatic heterocycles. The van der Waals surface area contributed by atoms with Crippen molar-refractivity contribution in [2.75, 3.05) is 20.3 Å². The smallest absolute Gasteiger partial charge is 0.258 e. The Kier molecular flexibility index (Phi) is 12.8. The van der Waals surface area contributed by atoms with Crippen LogP contribution in [0, 0.1) is 18.3 Å². The van der Waals surface area contributed by atoms with Gasteiger partial charge in [-0.25, -0.2) is 4.98 Å². The molecule has 12 nitrogen and oxygen atoms in total. The van der Waals surface area contributed by atoms with Gasteiger partial charge in [-0.15, -0.1) is 0 Å². The van der Waals surface area contributed by atoms with Gasteiger partial charge in [-0.2, -0.15) is 0 Å². The summed E-state index contributed by atoms with van der Waals surface area (Å²) in [5.41, 5.74) is 3.12. The molecule has 2 aromatic carbocycles. The molecule has 0 bridgehead atoms. The number of H-pyrrole nitrogens is 1. The Balaban J connectivity index is 1.79. The number of nitrogens with one attached hydrogen (secondary N) is 4. The largest absolute Gasteiger partial charge is 0.377 e. The van der Waals surface area contributed by atoms with Crippen LogP contribution in [0.25, 0.3) is 10.9 Å². The molecule has 2 amide bonds. The number of amides is 2. The highest BCUT2D eigenvalue weighted by atomic mass is 16.8. The zero-order valence-corrected chi connectivity index (χ0v) is 25.4. The molecule has 3 rings (SSSR count). The van der Waals surface area contributed by atoms with Crippen molar-refractivity contribution in [3.8, 4) is 0 Å². The summed E-state index contributed by atoms with van der Waals surface area (Å²) in [6.07, 6.45) is 0.0447. The fraction of sp³-hybridized carbons (Fsp3) is 0.484. The lowest BCUT2D eigenvalue weighted by Gasteiger charge is -2.33. The predicted molar refractivity (Wildman–Crippen MR) is 161 cm³/mol. The number of nitrogens with zero attached hydrogens (tertiary/aromatic N) is 1. The van der Waals surface area contributed by atoms with Crippen molar-refractivity contribution in [1.29, 1.82) is 0 Å². The van der Waals surface area contributed by atoms with Crippen LogP contribution in [-0.2, 0) is 37.1 Å². The number of hydrogen-bond acceptors (Lipinski definition) is 9. The van der Waals surface area contributed by atoms with E-state index in [-0.39, 0.29) is 24.7 Å². The van der Waals surface area contributed by atoms with Crippen LogP contribution >= 0.6 is 0 Å². The molecule has 1 aromatic heterocycles. The molecule has 0 radical (unpaired) electrons. The minimum atomic E-state index is -0.829. The van der Waals surface area contributed by atoms with Crippen molar-refractivity contribution in [1.82, 2.24) is 26.2 Å². The Hall–Kier alpha value is -3.68. The van der Waals surface area contributed by atoms with E-state index in [1.54, 1.807) is 30.8 Å². The van der Waals surface area contributed by atoms with Gasteiger partial charge in [0.05, 0.1) is 42.7 Å². The summed E-state index contributed by atoms with van der Waals surface area (Å²) >= 11 is 0. The molecule has 234 valence electrons. The number of hydrogen-bond donors (Lipinski definition) is 5. The number of aromatic amines is 1. The lowest BCUT2D eigenvalue weighted by atomic mass is 9.85. The van der Waals surface area contributed by atoms with Gasteiger partial charge in [0.2, 0.25) is 11.8 Å². The maximum absolute atomic E-state index is 13.8. The Morgan fingerprint density at radius 2 is 1.79 bits per heavy atom. The molecule has 43 heavy (non-hydrogen) atoms. The number of fused-ring (bicyclic) bond motifs is 1. The molecular formula is C31H43N5O7. The zero-order valence-electron chi connectivity index (χ0n) is 25.4. The van der Waals surface area contributed by atoms with Crippen molar-refractivity contribution in [3.63, 3.8) is 0 Å². The average molecular weight is 598 g/mol. The van der Waals surface area contributed by atoms with Crippen LogP contribution in [0.15, 0.2) is 53.3 Å². The van der Waals surface area contributed by atoms with Crippen LogP contribution in [-0.4, -0.2) is 59.4 Å². The molecule has 0 fully saturated rings. The van der Waals surface area contributed by atoms with Crippen LogP contribution in [0.1, 0.15) is 50.6 Å². The van der Waals surface area contributed by atoms with Crippen molar-refractivity contribution in [2.24, 2.45) is 11.3 Å². The van der Waals surface area contributed by atoms with E-state index in [1.807, 2.05) is 51.1 Å². The minimum Gasteiger partial charge on any atom is -0.377 e. The Morgan fingerprint density at radius 1 is 1.05 bits per heavy atom. The molecule has 5 N–H and O–H groups in total. The molecule has 0 saturated heterocycles. The summed E-state index contributed by atoms with van der Waals surface area (Å²) in [5.74, 6) is -0.965. The van der Waals surface area contributed by atoms with E-state index in [4.69, 9.17) is 19.5 Å². The lowest BCUT2D eigenvalue weighted by Crippen LogP contribution is -2.55. The first-order valence-corrected chi connectivity index (χ1v) is 14.3. The van der Waals surface area contributed by atoms with Gasteiger partial charge in [0.1, 0.15) is 11.9 Å². The molecule has 0 aliphatic rings. The van der Waals surface area contributed by atoms with Gasteiger partial charge in [0.15, 0.2) is 0 Å². The summed E-state index contributed by atoms with van der Waals surface area (Å²) in [6.45, 7) is 8.02. The maximum atomic E-state index is 13.8. The third kappa shape index (κ3) is 10.2. The van der Waals surface area contributed by atoms with E-state index in [0.29, 0.717) is 48.3 Å². The van der Waals surface area contributed by atoms with E-state index in [1.165, 1.54) is 7.05 Å². The van der Waals surface area contributed by atoms with Crippen LogP contribution in [0.4, 0.5) is 0 Å². The van der Waals surface area contributed by atoms with Crippen LogP contribution in [0.3, 0.4) is 0 Å². The highest BCUT2D eigenvalue weighted by molar-refractivity contribution is 5.89. The van der Waals surface area contributed by atoms with Gasteiger partial charge < -0.3 is 25.1 Å². The standard InChI is InChI=1S/C31H43N5O7/c1-20-33-25-14-13-22(16-24(25)29(38)34-20)18-42-26(19-43-36-40)23(12-9-15-41-17-21-10-7-6-8-11-21)28(37)35-27(30(39)32-5)31(2,3)4/h6-8,10-11,13-14,16,23,26-27,36,40H,9,12,15,17-19H2,1-5H3,(H,32,39)(H,35,37)(H,33,34,38). The number of aromatic nitrogens is 2. The number of carbonyl (C=O) groups excluding carboxylic acids is 2. The molecule has 3 atom stereocenters. The predicted octanol–water partition coefficient (Wildman–Crippen LogP) is 2.92. The number of benzene rings is 2. The number of ether oxygens (including phenoxy) is 2.